The SMILES string of the molecule is CC(Oc1ccccc1)C(=O)Oc1ccc(C(=O)c2ccc(F)cc2)cc1. The van der Waals surface area contributed by atoms with E-state index in [-0.39, 0.29) is 5.78 Å². The lowest BCUT2D eigenvalue weighted by Gasteiger charge is -2.13. The number of para-hydroxylation sites is 1. The lowest BCUT2D eigenvalue weighted by molar-refractivity contribution is -0.141. The summed E-state index contributed by atoms with van der Waals surface area (Å²) in [6.07, 6.45) is -0.784. The number of ketones is 1. The van der Waals surface area contributed by atoms with Crippen molar-refractivity contribution in [2.24, 2.45) is 0 Å². The van der Waals surface area contributed by atoms with Crippen molar-refractivity contribution >= 4 is 11.8 Å². The number of hydrogen-bond donors (Lipinski definition) is 0. The van der Waals surface area contributed by atoms with E-state index in [1.54, 1.807) is 31.2 Å². The molecule has 0 aromatic heterocycles. The number of rotatable bonds is 6. The summed E-state index contributed by atoms with van der Waals surface area (Å²) in [5, 5.41) is 0. The topological polar surface area (TPSA) is 52.6 Å². The quantitative estimate of drug-likeness (QED) is 0.369. The minimum atomic E-state index is -0.784. The van der Waals surface area contributed by atoms with Crippen molar-refractivity contribution in [1.82, 2.24) is 0 Å². The van der Waals surface area contributed by atoms with E-state index >= 15 is 0 Å². The van der Waals surface area contributed by atoms with Gasteiger partial charge in [-0.2, -0.15) is 0 Å². The molecule has 0 spiro atoms. The molecule has 0 aliphatic carbocycles. The summed E-state index contributed by atoms with van der Waals surface area (Å²) < 4.78 is 23.8. The normalized spacial score (nSPS) is 11.5. The van der Waals surface area contributed by atoms with Gasteiger partial charge in [-0.3, -0.25) is 4.79 Å². The summed E-state index contributed by atoms with van der Waals surface area (Å²) >= 11 is 0. The van der Waals surface area contributed by atoms with Gasteiger partial charge in [0, 0.05) is 11.1 Å². The van der Waals surface area contributed by atoms with Gasteiger partial charge in [0.05, 0.1) is 0 Å². The van der Waals surface area contributed by atoms with E-state index in [2.05, 4.69) is 0 Å². The van der Waals surface area contributed by atoms with E-state index in [0.29, 0.717) is 22.6 Å². The number of ether oxygens (including phenoxy) is 2. The highest BCUT2D eigenvalue weighted by Crippen LogP contribution is 2.17. The van der Waals surface area contributed by atoms with Gasteiger partial charge in [-0.15, -0.1) is 0 Å². The zero-order chi connectivity index (χ0) is 19.2. The summed E-state index contributed by atoms with van der Waals surface area (Å²) in [6.45, 7) is 1.60. The Morgan fingerprint density at radius 2 is 1.33 bits per heavy atom. The Labute approximate surface area is 156 Å². The summed E-state index contributed by atoms with van der Waals surface area (Å²) in [7, 11) is 0. The first kappa shape index (κ1) is 18.3. The maximum atomic E-state index is 13.0. The molecule has 3 aromatic rings. The third kappa shape index (κ3) is 4.79. The van der Waals surface area contributed by atoms with E-state index in [0.717, 1.165) is 0 Å². The molecule has 1 unspecified atom stereocenters. The highest BCUT2D eigenvalue weighted by molar-refractivity contribution is 6.09. The van der Waals surface area contributed by atoms with E-state index < -0.39 is 17.9 Å². The fourth-order valence-corrected chi connectivity index (χ4v) is 2.39. The number of hydrogen-bond acceptors (Lipinski definition) is 4. The van der Waals surface area contributed by atoms with Gasteiger partial charge in [-0.25, -0.2) is 9.18 Å². The molecule has 0 N–H and O–H groups in total. The Bertz CT molecular complexity index is 919. The van der Waals surface area contributed by atoms with Gasteiger partial charge in [-0.05, 0) is 67.6 Å². The fraction of sp³-hybridized carbons (Fsp3) is 0.0909. The molecular formula is C22H17FO4. The van der Waals surface area contributed by atoms with Crippen molar-refractivity contribution in [3.8, 4) is 11.5 Å². The minimum absolute atomic E-state index is 0.242. The summed E-state index contributed by atoms with van der Waals surface area (Å²) in [5.74, 6) is -0.313. The van der Waals surface area contributed by atoms with Gasteiger partial charge in [0.15, 0.2) is 11.9 Å². The largest absolute Gasteiger partial charge is 0.479 e. The minimum Gasteiger partial charge on any atom is -0.479 e. The Kier molecular flexibility index (Phi) is 5.61. The standard InChI is InChI=1S/C22H17FO4/c1-15(26-19-5-3-2-4-6-19)22(25)27-20-13-9-17(10-14-20)21(24)16-7-11-18(23)12-8-16/h2-15H,1H3. The lowest BCUT2D eigenvalue weighted by atomic mass is 10.0. The molecule has 0 aliphatic heterocycles. The van der Waals surface area contributed by atoms with Crippen LogP contribution < -0.4 is 9.47 Å². The van der Waals surface area contributed by atoms with Crippen molar-refractivity contribution in [2.45, 2.75) is 13.0 Å². The Hall–Kier alpha value is -3.47. The van der Waals surface area contributed by atoms with Gasteiger partial charge < -0.3 is 9.47 Å². The van der Waals surface area contributed by atoms with Crippen LogP contribution in [0.5, 0.6) is 11.5 Å². The second-order valence-corrected chi connectivity index (χ2v) is 5.85. The zero-order valence-electron chi connectivity index (χ0n) is 14.6. The van der Waals surface area contributed by atoms with Crippen LogP contribution in [-0.2, 0) is 4.79 Å². The molecule has 0 saturated heterocycles. The number of carbonyl (C=O) groups excluding carboxylic acids is 2. The third-order valence-corrected chi connectivity index (χ3v) is 3.83. The van der Waals surface area contributed by atoms with E-state index in [4.69, 9.17) is 9.47 Å². The predicted molar refractivity (Wildman–Crippen MR) is 98.4 cm³/mol. The third-order valence-electron chi connectivity index (χ3n) is 3.83. The summed E-state index contributed by atoms with van der Waals surface area (Å²) in [4.78, 5) is 24.5. The molecule has 3 aromatic carbocycles. The molecule has 0 fully saturated rings. The van der Waals surface area contributed by atoms with Crippen molar-refractivity contribution in [2.75, 3.05) is 0 Å². The molecule has 0 bridgehead atoms. The molecule has 3 rings (SSSR count). The van der Waals surface area contributed by atoms with Crippen LogP contribution >= 0.6 is 0 Å². The Balaban J connectivity index is 1.62. The molecule has 5 heteroatoms. The van der Waals surface area contributed by atoms with Crippen molar-refractivity contribution < 1.29 is 23.5 Å². The van der Waals surface area contributed by atoms with Gasteiger partial charge >= 0.3 is 5.97 Å². The van der Waals surface area contributed by atoms with Crippen molar-refractivity contribution in [3.05, 3.63) is 95.8 Å². The molecule has 0 radical (unpaired) electrons. The van der Waals surface area contributed by atoms with Gasteiger partial charge in [0.1, 0.15) is 17.3 Å². The molecule has 136 valence electrons. The number of carbonyl (C=O) groups is 2. The van der Waals surface area contributed by atoms with Gasteiger partial charge in [0.2, 0.25) is 0 Å². The van der Waals surface area contributed by atoms with E-state index in [1.807, 2.05) is 18.2 Å². The van der Waals surface area contributed by atoms with Crippen LogP contribution in [0.4, 0.5) is 4.39 Å². The van der Waals surface area contributed by atoms with Crippen LogP contribution in [0, 0.1) is 5.82 Å². The molecule has 0 amide bonds. The number of esters is 1. The van der Waals surface area contributed by atoms with Crippen LogP contribution in [0.15, 0.2) is 78.9 Å². The average molecular weight is 364 g/mol. The number of benzene rings is 3. The summed E-state index contributed by atoms with van der Waals surface area (Å²) in [6, 6.07) is 20.5. The predicted octanol–water partition coefficient (Wildman–Crippen LogP) is 4.43. The first-order valence-electron chi connectivity index (χ1n) is 8.36. The maximum absolute atomic E-state index is 13.0. The van der Waals surface area contributed by atoms with E-state index in [9.17, 15) is 14.0 Å². The monoisotopic (exact) mass is 364 g/mol. The second kappa shape index (κ2) is 8.27. The van der Waals surface area contributed by atoms with Gasteiger partial charge in [-0.1, -0.05) is 18.2 Å². The Morgan fingerprint density at radius 3 is 1.93 bits per heavy atom. The van der Waals surface area contributed by atoms with Crippen molar-refractivity contribution in [3.63, 3.8) is 0 Å². The smallest absolute Gasteiger partial charge is 0.352 e. The molecular weight excluding hydrogens is 347 g/mol. The second-order valence-electron chi connectivity index (χ2n) is 5.85. The maximum Gasteiger partial charge on any atom is 0.352 e. The van der Waals surface area contributed by atoms with Crippen LogP contribution in [-0.4, -0.2) is 17.9 Å². The van der Waals surface area contributed by atoms with Crippen LogP contribution in [0.2, 0.25) is 0 Å². The first-order chi connectivity index (χ1) is 13.0. The van der Waals surface area contributed by atoms with Crippen LogP contribution in [0.3, 0.4) is 0 Å². The Morgan fingerprint density at radius 1 is 0.778 bits per heavy atom. The highest BCUT2D eigenvalue weighted by Gasteiger charge is 2.17. The van der Waals surface area contributed by atoms with E-state index in [1.165, 1.54) is 36.4 Å². The molecule has 4 nitrogen and oxygen atoms in total. The fourth-order valence-electron chi connectivity index (χ4n) is 2.39. The highest BCUT2D eigenvalue weighted by atomic mass is 19.1. The molecule has 0 saturated carbocycles. The van der Waals surface area contributed by atoms with Crippen LogP contribution in [0.1, 0.15) is 22.8 Å². The molecule has 0 aliphatic rings. The first-order valence-corrected chi connectivity index (χ1v) is 8.36. The lowest BCUT2D eigenvalue weighted by Crippen LogP contribution is -2.28. The average Bonchev–Trinajstić information content (AvgIpc) is 2.69. The zero-order valence-corrected chi connectivity index (χ0v) is 14.6. The summed E-state index contributed by atoms with van der Waals surface area (Å²) in [5.41, 5.74) is 0.793. The number of halogens is 1. The molecule has 1 atom stereocenters. The molecule has 27 heavy (non-hydrogen) atoms. The molecule has 0 heterocycles. The van der Waals surface area contributed by atoms with Crippen LogP contribution in [0.25, 0.3) is 0 Å². The van der Waals surface area contributed by atoms with Crippen molar-refractivity contribution in [1.29, 1.82) is 0 Å². The van der Waals surface area contributed by atoms with Gasteiger partial charge in [0.25, 0.3) is 0 Å².